The summed E-state index contributed by atoms with van der Waals surface area (Å²) in [5.41, 5.74) is 0.860. The highest BCUT2D eigenvalue weighted by molar-refractivity contribution is 5.90. The summed E-state index contributed by atoms with van der Waals surface area (Å²) < 4.78 is 11.6. The Morgan fingerprint density at radius 3 is 2.48 bits per heavy atom. The molecule has 114 valence electrons. The van der Waals surface area contributed by atoms with Gasteiger partial charge in [0, 0.05) is 14.7 Å². The Balaban J connectivity index is 2.78. The van der Waals surface area contributed by atoms with E-state index in [1.807, 2.05) is 30.3 Å². The minimum atomic E-state index is -0.854. The number of carbonyl (C=O) groups is 3. The van der Waals surface area contributed by atoms with Crippen molar-refractivity contribution < 1.29 is 20.5 Å². The maximum absolute atomic E-state index is 12.2. The molecule has 1 aromatic rings. The standard InChI is InChI=1S/C15H20N2O4/c1-10(15(20)21-3)16-14(19)13(17-11(2)18)9-12-7-5-4-6-8-12/h4-8,10,13H,9H2,1-3H3,(H,16,19)(H,17,18)/t10-,13-/m0/s1/i2D. The molecule has 0 saturated carbocycles. The summed E-state index contributed by atoms with van der Waals surface area (Å²) in [6, 6.07) is 7.49. The Kier molecular flexibility index (Phi) is 5.75. The monoisotopic (exact) mass is 293 g/mol. The zero-order valence-corrected chi connectivity index (χ0v) is 12.1. The first-order valence-corrected chi connectivity index (χ1v) is 6.48. The fraction of sp³-hybridized carbons (Fsp3) is 0.400. The molecular formula is C15H20N2O4. The molecule has 0 radical (unpaired) electrons. The Morgan fingerprint density at radius 1 is 1.24 bits per heavy atom. The van der Waals surface area contributed by atoms with Gasteiger partial charge in [0.25, 0.3) is 0 Å². The van der Waals surface area contributed by atoms with E-state index in [1.54, 1.807) is 0 Å². The molecule has 0 aliphatic heterocycles. The van der Waals surface area contributed by atoms with Gasteiger partial charge in [0.1, 0.15) is 12.1 Å². The molecule has 2 atom stereocenters. The van der Waals surface area contributed by atoms with Crippen LogP contribution >= 0.6 is 0 Å². The molecule has 2 amide bonds. The first kappa shape index (κ1) is 15.0. The van der Waals surface area contributed by atoms with Gasteiger partial charge in [-0.05, 0) is 12.5 Å². The van der Waals surface area contributed by atoms with Crippen LogP contribution in [0.4, 0.5) is 0 Å². The third-order valence-electron chi connectivity index (χ3n) is 2.85. The molecule has 0 aromatic heterocycles. The number of hydrogen-bond donors (Lipinski definition) is 2. The van der Waals surface area contributed by atoms with Crippen molar-refractivity contribution in [3.63, 3.8) is 0 Å². The quantitative estimate of drug-likeness (QED) is 0.744. The van der Waals surface area contributed by atoms with Crippen molar-refractivity contribution in [1.82, 2.24) is 10.6 Å². The van der Waals surface area contributed by atoms with Gasteiger partial charge in [0.05, 0.1) is 7.11 Å². The Morgan fingerprint density at radius 2 is 1.90 bits per heavy atom. The fourth-order valence-corrected chi connectivity index (χ4v) is 1.80. The van der Waals surface area contributed by atoms with Crippen LogP contribution in [-0.4, -0.2) is 37.0 Å². The number of methoxy groups -OCH3 is 1. The third-order valence-corrected chi connectivity index (χ3v) is 2.85. The number of esters is 1. The molecule has 0 aliphatic carbocycles. The molecule has 0 bridgehead atoms. The van der Waals surface area contributed by atoms with E-state index in [9.17, 15) is 14.4 Å². The van der Waals surface area contributed by atoms with Crippen molar-refractivity contribution in [3.8, 4) is 0 Å². The molecule has 6 heteroatoms. The summed E-state index contributed by atoms with van der Waals surface area (Å²) in [5.74, 6) is -1.62. The summed E-state index contributed by atoms with van der Waals surface area (Å²) in [4.78, 5) is 35.0. The van der Waals surface area contributed by atoms with Gasteiger partial charge in [0.2, 0.25) is 11.8 Å². The van der Waals surface area contributed by atoms with Crippen molar-refractivity contribution in [2.45, 2.75) is 32.3 Å². The van der Waals surface area contributed by atoms with Gasteiger partial charge in [-0.2, -0.15) is 0 Å². The number of hydrogen-bond acceptors (Lipinski definition) is 4. The average molecular weight is 293 g/mol. The third kappa shape index (κ3) is 5.64. The lowest BCUT2D eigenvalue weighted by atomic mass is 10.0. The molecule has 0 fully saturated rings. The van der Waals surface area contributed by atoms with Crippen molar-refractivity contribution in [3.05, 3.63) is 35.9 Å². The summed E-state index contributed by atoms with van der Waals surface area (Å²) in [5, 5.41) is 4.98. The lowest BCUT2D eigenvalue weighted by Gasteiger charge is -2.20. The molecule has 0 spiro atoms. The van der Waals surface area contributed by atoms with Gasteiger partial charge in [-0.15, -0.1) is 0 Å². The maximum atomic E-state index is 12.2. The lowest BCUT2D eigenvalue weighted by molar-refractivity contribution is -0.144. The van der Waals surface area contributed by atoms with Gasteiger partial charge in [-0.25, -0.2) is 4.79 Å². The van der Waals surface area contributed by atoms with Crippen LogP contribution in [-0.2, 0) is 25.5 Å². The van der Waals surface area contributed by atoms with Crippen LogP contribution < -0.4 is 10.6 Å². The van der Waals surface area contributed by atoms with E-state index in [0.29, 0.717) is 0 Å². The van der Waals surface area contributed by atoms with Crippen molar-refractivity contribution in [1.29, 1.82) is 0 Å². The summed E-state index contributed by atoms with van der Waals surface area (Å²) >= 11 is 0. The Labute approximate surface area is 125 Å². The van der Waals surface area contributed by atoms with Crippen molar-refractivity contribution >= 4 is 17.8 Å². The first-order valence-electron chi connectivity index (χ1n) is 7.19. The minimum absolute atomic E-state index is 0.270. The van der Waals surface area contributed by atoms with Crippen LogP contribution in [0.15, 0.2) is 30.3 Å². The van der Waals surface area contributed by atoms with E-state index in [4.69, 9.17) is 1.37 Å². The number of rotatable bonds is 6. The number of ether oxygens (including phenoxy) is 1. The van der Waals surface area contributed by atoms with Crippen LogP contribution in [0.5, 0.6) is 0 Å². The molecule has 21 heavy (non-hydrogen) atoms. The summed E-state index contributed by atoms with van der Waals surface area (Å²) in [6.45, 7) is 1.03. The Hall–Kier alpha value is -2.37. The molecule has 1 rings (SSSR count). The number of nitrogens with one attached hydrogen (secondary N) is 2. The molecule has 1 aromatic carbocycles. The topological polar surface area (TPSA) is 84.5 Å². The second-order valence-corrected chi connectivity index (χ2v) is 4.56. The zero-order chi connectivity index (χ0) is 16.5. The predicted octanol–water partition coefficient (Wildman–Crippen LogP) is 0.412. The summed E-state index contributed by atoms with van der Waals surface area (Å²) in [7, 11) is 1.23. The second-order valence-electron chi connectivity index (χ2n) is 4.56. The normalized spacial score (nSPS) is 13.5. The highest BCUT2D eigenvalue weighted by Crippen LogP contribution is 2.04. The fourth-order valence-electron chi connectivity index (χ4n) is 1.80. The largest absolute Gasteiger partial charge is 0.467 e. The van der Waals surface area contributed by atoms with Gasteiger partial charge >= 0.3 is 5.97 Å². The van der Waals surface area contributed by atoms with Crippen LogP contribution in [0.1, 0.15) is 20.8 Å². The maximum Gasteiger partial charge on any atom is 0.328 e. The van der Waals surface area contributed by atoms with Crippen molar-refractivity contribution in [2.75, 3.05) is 7.11 Å². The number of amides is 2. The van der Waals surface area contributed by atoms with Crippen LogP contribution in [0.25, 0.3) is 0 Å². The van der Waals surface area contributed by atoms with Crippen LogP contribution in [0.2, 0.25) is 0 Å². The molecule has 2 N–H and O–H groups in total. The SMILES string of the molecule is [2H]CC(=O)N[C@@H](Cc1ccccc1)C(=O)N[C@@H](C)C(=O)OC. The zero-order valence-electron chi connectivity index (χ0n) is 13.1. The minimum Gasteiger partial charge on any atom is -0.467 e. The molecule has 0 unspecified atom stereocenters. The molecular weight excluding hydrogens is 272 g/mol. The molecule has 0 saturated heterocycles. The molecule has 6 nitrogen and oxygen atoms in total. The molecule has 0 heterocycles. The van der Waals surface area contributed by atoms with E-state index < -0.39 is 36.8 Å². The lowest BCUT2D eigenvalue weighted by Crippen LogP contribution is -2.51. The van der Waals surface area contributed by atoms with Gasteiger partial charge in [-0.3, -0.25) is 9.59 Å². The van der Waals surface area contributed by atoms with Gasteiger partial charge in [-0.1, -0.05) is 30.3 Å². The van der Waals surface area contributed by atoms with E-state index in [-0.39, 0.29) is 6.42 Å². The number of carbonyl (C=O) groups excluding carboxylic acids is 3. The Bertz CT molecular complexity index is 522. The van der Waals surface area contributed by atoms with E-state index in [0.717, 1.165) is 5.56 Å². The predicted molar refractivity (Wildman–Crippen MR) is 77.4 cm³/mol. The van der Waals surface area contributed by atoms with Crippen LogP contribution in [0, 0.1) is 0 Å². The van der Waals surface area contributed by atoms with E-state index >= 15 is 0 Å². The summed E-state index contributed by atoms with van der Waals surface area (Å²) in [6.07, 6.45) is 0.270. The van der Waals surface area contributed by atoms with Crippen LogP contribution in [0.3, 0.4) is 0 Å². The second kappa shape index (κ2) is 8.04. The van der Waals surface area contributed by atoms with Gasteiger partial charge < -0.3 is 15.4 Å². The smallest absolute Gasteiger partial charge is 0.328 e. The highest BCUT2D eigenvalue weighted by atomic mass is 16.5. The van der Waals surface area contributed by atoms with Gasteiger partial charge in [0.15, 0.2) is 0 Å². The number of benzene rings is 1. The van der Waals surface area contributed by atoms with Crippen molar-refractivity contribution in [2.24, 2.45) is 0 Å². The first-order chi connectivity index (χ1) is 10.5. The highest BCUT2D eigenvalue weighted by Gasteiger charge is 2.24. The van der Waals surface area contributed by atoms with E-state index in [2.05, 4.69) is 15.4 Å². The molecule has 0 aliphatic rings. The average Bonchev–Trinajstić information content (AvgIpc) is 2.53. The van der Waals surface area contributed by atoms with E-state index in [1.165, 1.54) is 14.0 Å².